The van der Waals surface area contributed by atoms with E-state index in [2.05, 4.69) is 4.98 Å². The smallest absolute Gasteiger partial charge is 0.269 e. The fraction of sp³-hybridized carbons (Fsp3) is 0.0833. The third-order valence-corrected chi connectivity index (χ3v) is 2.48. The Labute approximate surface area is 108 Å². The molecule has 5 nitrogen and oxygen atoms in total. The van der Waals surface area contributed by atoms with Crippen LogP contribution >= 0.6 is 11.6 Å². The lowest BCUT2D eigenvalue weighted by molar-refractivity contribution is -0.384. The highest BCUT2D eigenvalue weighted by Gasteiger charge is 2.09. The van der Waals surface area contributed by atoms with E-state index in [4.69, 9.17) is 16.3 Å². The Morgan fingerprint density at radius 3 is 2.72 bits per heavy atom. The molecule has 18 heavy (non-hydrogen) atoms. The minimum absolute atomic E-state index is 0.0315. The van der Waals surface area contributed by atoms with Crippen molar-refractivity contribution in [3.8, 4) is 11.5 Å². The van der Waals surface area contributed by atoms with Gasteiger partial charge in [0.15, 0.2) is 0 Å². The van der Waals surface area contributed by atoms with Crippen LogP contribution in [-0.2, 0) is 0 Å². The lowest BCUT2D eigenvalue weighted by Gasteiger charge is -2.08. The zero-order valence-corrected chi connectivity index (χ0v) is 10.2. The number of aromatic nitrogens is 1. The molecule has 0 atom stereocenters. The van der Waals surface area contributed by atoms with Gasteiger partial charge in [-0.15, -0.1) is 0 Å². The van der Waals surface area contributed by atoms with Gasteiger partial charge < -0.3 is 4.74 Å². The summed E-state index contributed by atoms with van der Waals surface area (Å²) in [6, 6.07) is 6.01. The molecule has 0 radical (unpaired) electrons. The van der Waals surface area contributed by atoms with Gasteiger partial charge in [-0.05, 0) is 18.6 Å². The van der Waals surface area contributed by atoms with Gasteiger partial charge in [0.1, 0.15) is 11.5 Å². The highest BCUT2D eigenvalue weighted by Crippen LogP contribution is 2.28. The predicted molar refractivity (Wildman–Crippen MR) is 67.2 cm³/mol. The van der Waals surface area contributed by atoms with Gasteiger partial charge in [-0.2, -0.15) is 0 Å². The van der Waals surface area contributed by atoms with E-state index in [1.54, 1.807) is 19.1 Å². The summed E-state index contributed by atoms with van der Waals surface area (Å²) in [5.74, 6) is 1.02. The molecule has 1 aromatic carbocycles. The van der Waals surface area contributed by atoms with Crippen LogP contribution < -0.4 is 4.74 Å². The molecule has 0 N–H and O–H groups in total. The second-order valence-corrected chi connectivity index (χ2v) is 4.08. The molecular formula is C12H9ClN2O3. The summed E-state index contributed by atoms with van der Waals surface area (Å²) in [4.78, 5) is 14.0. The predicted octanol–water partition coefficient (Wildman–Crippen LogP) is 3.74. The molecule has 0 aliphatic rings. The van der Waals surface area contributed by atoms with E-state index in [-0.39, 0.29) is 5.69 Å². The average Bonchev–Trinajstić information content (AvgIpc) is 2.31. The minimum atomic E-state index is -0.447. The first-order valence-electron chi connectivity index (χ1n) is 5.10. The number of non-ortho nitro benzene ring substituents is 1. The number of hydrogen-bond acceptors (Lipinski definition) is 4. The molecule has 1 heterocycles. The zero-order chi connectivity index (χ0) is 13.1. The number of halogens is 1. The lowest BCUT2D eigenvalue weighted by Crippen LogP contribution is -1.92. The number of aryl methyl sites for hydroxylation is 1. The van der Waals surface area contributed by atoms with Gasteiger partial charge in [-0.3, -0.25) is 15.1 Å². The molecule has 0 bridgehead atoms. The van der Waals surface area contributed by atoms with Gasteiger partial charge in [0.2, 0.25) is 0 Å². The van der Waals surface area contributed by atoms with E-state index in [0.717, 1.165) is 0 Å². The van der Waals surface area contributed by atoms with E-state index < -0.39 is 4.92 Å². The van der Waals surface area contributed by atoms with E-state index in [1.807, 2.05) is 0 Å². The maximum absolute atomic E-state index is 10.6. The van der Waals surface area contributed by atoms with Crippen LogP contribution in [0.25, 0.3) is 0 Å². The summed E-state index contributed by atoms with van der Waals surface area (Å²) in [5, 5.41) is 11.1. The van der Waals surface area contributed by atoms with E-state index >= 15 is 0 Å². The Hall–Kier alpha value is -2.14. The monoisotopic (exact) mass is 264 g/mol. The third-order valence-electron chi connectivity index (χ3n) is 2.28. The molecule has 0 spiro atoms. The Kier molecular flexibility index (Phi) is 3.43. The summed E-state index contributed by atoms with van der Waals surface area (Å²) >= 11 is 5.79. The van der Waals surface area contributed by atoms with Crippen molar-refractivity contribution in [3.63, 3.8) is 0 Å². The summed E-state index contributed by atoms with van der Waals surface area (Å²) < 4.78 is 5.56. The molecule has 6 heteroatoms. The number of benzene rings is 1. The normalized spacial score (nSPS) is 10.1. The quantitative estimate of drug-likeness (QED) is 0.626. The van der Waals surface area contributed by atoms with Gasteiger partial charge in [0.05, 0.1) is 16.1 Å². The SMILES string of the molecule is Cc1cc([N+](=O)[O-])ccc1Oc1cncc(Cl)c1. The molecule has 1 aromatic heterocycles. The van der Waals surface area contributed by atoms with Gasteiger partial charge in [0.25, 0.3) is 5.69 Å². The molecular weight excluding hydrogens is 256 g/mol. The van der Waals surface area contributed by atoms with Crippen LogP contribution in [0.4, 0.5) is 5.69 Å². The fourth-order valence-corrected chi connectivity index (χ4v) is 1.60. The van der Waals surface area contributed by atoms with Gasteiger partial charge >= 0.3 is 0 Å². The number of nitro groups is 1. The Bertz CT molecular complexity index is 602. The standard InChI is InChI=1S/C12H9ClN2O3/c1-8-4-10(15(16)17)2-3-12(8)18-11-5-9(13)6-14-7-11/h2-7H,1H3. The topological polar surface area (TPSA) is 65.3 Å². The van der Waals surface area contributed by atoms with E-state index in [1.165, 1.54) is 24.5 Å². The molecule has 0 unspecified atom stereocenters. The van der Waals surface area contributed by atoms with Crippen LogP contribution in [0, 0.1) is 17.0 Å². The molecule has 2 aromatic rings. The van der Waals surface area contributed by atoms with E-state index in [0.29, 0.717) is 22.1 Å². The Morgan fingerprint density at radius 1 is 1.33 bits per heavy atom. The largest absolute Gasteiger partial charge is 0.455 e. The van der Waals surface area contributed by atoms with Crippen LogP contribution in [0.2, 0.25) is 5.02 Å². The second kappa shape index (κ2) is 5.01. The van der Waals surface area contributed by atoms with Gasteiger partial charge in [-0.25, -0.2) is 0 Å². The zero-order valence-electron chi connectivity index (χ0n) is 9.46. The summed E-state index contributed by atoms with van der Waals surface area (Å²) in [5.41, 5.74) is 0.702. The van der Waals surface area contributed by atoms with Crippen molar-refractivity contribution >= 4 is 17.3 Å². The third kappa shape index (κ3) is 2.75. The number of ether oxygens (including phenoxy) is 1. The number of pyridine rings is 1. The molecule has 0 aliphatic heterocycles. The van der Waals surface area contributed by atoms with Crippen molar-refractivity contribution in [1.82, 2.24) is 4.98 Å². The van der Waals surface area contributed by atoms with Crippen molar-refractivity contribution in [2.24, 2.45) is 0 Å². The van der Waals surface area contributed by atoms with E-state index in [9.17, 15) is 10.1 Å². The molecule has 0 fully saturated rings. The van der Waals surface area contributed by atoms with Crippen LogP contribution in [0.1, 0.15) is 5.56 Å². The first kappa shape index (κ1) is 12.3. The first-order valence-corrected chi connectivity index (χ1v) is 5.47. The van der Waals surface area contributed by atoms with Crippen LogP contribution in [0.5, 0.6) is 11.5 Å². The summed E-state index contributed by atoms with van der Waals surface area (Å²) in [6.45, 7) is 1.74. The second-order valence-electron chi connectivity index (χ2n) is 3.65. The van der Waals surface area contributed by atoms with Crippen molar-refractivity contribution in [3.05, 3.63) is 57.4 Å². The summed E-state index contributed by atoms with van der Waals surface area (Å²) in [7, 11) is 0. The van der Waals surface area contributed by atoms with Crippen LogP contribution in [0.15, 0.2) is 36.7 Å². The van der Waals surface area contributed by atoms with Crippen LogP contribution in [-0.4, -0.2) is 9.91 Å². The molecule has 92 valence electrons. The summed E-state index contributed by atoms with van der Waals surface area (Å²) in [6.07, 6.45) is 3.02. The molecule has 0 aliphatic carbocycles. The maximum atomic E-state index is 10.6. The van der Waals surface area contributed by atoms with Crippen molar-refractivity contribution in [2.45, 2.75) is 6.92 Å². The highest BCUT2D eigenvalue weighted by atomic mass is 35.5. The Balaban J connectivity index is 2.27. The number of nitro benzene ring substituents is 1. The molecule has 0 saturated heterocycles. The highest BCUT2D eigenvalue weighted by molar-refractivity contribution is 6.30. The average molecular weight is 265 g/mol. The van der Waals surface area contributed by atoms with Crippen molar-refractivity contribution in [2.75, 3.05) is 0 Å². The molecule has 0 amide bonds. The molecule has 0 saturated carbocycles. The lowest BCUT2D eigenvalue weighted by atomic mass is 10.2. The van der Waals surface area contributed by atoms with Gasteiger partial charge in [-0.1, -0.05) is 11.6 Å². The number of nitrogens with zero attached hydrogens (tertiary/aromatic N) is 2. The van der Waals surface area contributed by atoms with Crippen molar-refractivity contribution in [1.29, 1.82) is 0 Å². The van der Waals surface area contributed by atoms with Crippen molar-refractivity contribution < 1.29 is 9.66 Å². The number of hydrogen-bond donors (Lipinski definition) is 0. The first-order chi connectivity index (χ1) is 8.56. The Morgan fingerprint density at radius 2 is 2.11 bits per heavy atom. The number of rotatable bonds is 3. The maximum Gasteiger partial charge on any atom is 0.269 e. The minimum Gasteiger partial charge on any atom is -0.455 e. The fourth-order valence-electron chi connectivity index (χ4n) is 1.44. The van der Waals surface area contributed by atoms with Crippen LogP contribution in [0.3, 0.4) is 0 Å². The van der Waals surface area contributed by atoms with Gasteiger partial charge in [0, 0.05) is 24.4 Å². The molecule has 2 rings (SSSR count).